The average Bonchev–Trinajstić information content (AvgIpc) is 2.35. The van der Waals surface area contributed by atoms with Crippen LogP contribution in [0.2, 0.25) is 10.0 Å². The van der Waals surface area contributed by atoms with E-state index in [1.54, 1.807) is 24.4 Å². The lowest BCUT2D eigenvalue weighted by atomic mass is 10.1. The van der Waals surface area contributed by atoms with Crippen molar-refractivity contribution in [1.82, 2.24) is 4.98 Å². The van der Waals surface area contributed by atoms with E-state index in [1.165, 1.54) is 0 Å². The van der Waals surface area contributed by atoms with Gasteiger partial charge in [0.2, 0.25) is 0 Å². The molecule has 1 aromatic heterocycles. The standard InChI is InChI=1S/C14H11Cl2NO/c1-9-2-4-11(17-8-9)7-14(18)10-3-5-12(15)13(16)6-10/h2-6,8H,7H2,1H3. The highest BCUT2D eigenvalue weighted by atomic mass is 35.5. The van der Waals surface area contributed by atoms with Crippen LogP contribution >= 0.6 is 23.2 Å². The Hall–Kier alpha value is -1.38. The molecule has 0 saturated heterocycles. The molecule has 0 saturated carbocycles. The zero-order chi connectivity index (χ0) is 13.1. The molecule has 0 amide bonds. The van der Waals surface area contributed by atoms with E-state index in [1.807, 2.05) is 19.1 Å². The molecule has 0 fully saturated rings. The second-order valence-corrected chi connectivity index (χ2v) is 4.87. The smallest absolute Gasteiger partial charge is 0.168 e. The predicted octanol–water partition coefficient (Wildman–Crippen LogP) is 4.12. The van der Waals surface area contributed by atoms with Crippen LogP contribution in [0.5, 0.6) is 0 Å². The Morgan fingerprint density at radius 3 is 2.56 bits per heavy atom. The number of carbonyl (C=O) groups excluding carboxylic acids is 1. The molecular weight excluding hydrogens is 269 g/mol. The molecule has 0 aliphatic heterocycles. The van der Waals surface area contributed by atoms with Crippen molar-refractivity contribution in [2.75, 3.05) is 0 Å². The molecule has 2 rings (SSSR count). The quantitative estimate of drug-likeness (QED) is 0.791. The van der Waals surface area contributed by atoms with E-state index in [-0.39, 0.29) is 12.2 Å². The molecule has 4 heteroatoms. The number of ketones is 1. The molecular formula is C14H11Cl2NO. The number of nitrogens with zero attached hydrogens (tertiary/aromatic N) is 1. The van der Waals surface area contributed by atoms with Gasteiger partial charge in [0, 0.05) is 17.5 Å². The molecule has 0 N–H and O–H groups in total. The van der Waals surface area contributed by atoms with Crippen LogP contribution < -0.4 is 0 Å². The molecule has 2 aromatic rings. The van der Waals surface area contributed by atoms with Crippen molar-refractivity contribution in [1.29, 1.82) is 0 Å². The number of hydrogen-bond donors (Lipinski definition) is 0. The fourth-order valence-corrected chi connectivity index (χ4v) is 1.84. The lowest BCUT2D eigenvalue weighted by molar-refractivity contribution is 0.0992. The van der Waals surface area contributed by atoms with Crippen LogP contribution in [-0.4, -0.2) is 10.8 Å². The van der Waals surface area contributed by atoms with Gasteiger partial charge >= 0.3 is 0 Å². The second kappa shape index (κ2) is 5.51. The molecule has 1 heterocycles. The lowest BCUT2D eigenvalue weighted by Crippen LogP contribution is -2.05. The molecule has 92 valence electrons. The summed E-state index contributed by atoms with van der Waals surface area (Å²) in [5.74, 6) is -0.0232. The molecule has 0 radical (unpaired) electrons. The van der Waals surface area contributed by atoms with E-state index in [9.17, 15) is 4.79 Å². The van der Waals surface area contributed by atoms with Gasteiger partial charge < -0.3 is 0 Å². The summed E-state index contributed by atoms with van der Waals surface area (Å²) in [5, 5.41) is 0.834. The summed E-state index contributed by atoms with van der Waals surface area (Å²) in [6, 6.07) is 8.67. The predicted molar refractivity (Wildman–Crippen MR) is 73.5 cm³/mol. The molecule has 0 unspecified atom stereocenters. The summed E-state index contributed by atoms with van der Waals surface area (Å²) in [6.45, 7) is 1.96. The third-order valence-electron chi connectivity index (χ3n) is 2.56. The monoisotopic (exact) mass is 279 g/mol. The third kappa shape index (κ3) is 3.09. The number of aryl methyl sites for hydroxylation is 1. The van der Waals surface area contributed by atoms with Gasteiger partial charge in [-0.2, -0.15) is 0 Å². The fraction of sp³-hybridized carbons (Fsp3) is 0.143. The molecule has 0 aliphatic carbocycles. The van der Waals surface area contributed by atoms with Crippen LogP contribution in [0.25, 0.3) is 0 Å². The van der Waals surface area contributed by atoms with Gasteiger partial charge in [0.25, 0.3) is 0 Å². The minimum Gasteiger partial charge on any atom is -0.294 e. The van der Waals surface area contributed by atoms with Crippen LogP contribution in [0.15, 0.2) is 36.5 Å². The maximum atomic E-state index is 12.0. The van der Waals surface area contributed by atoms with Gasteiger partial charge in [0.05, 0.1) is 16.5 Å². The topological polar surface area (TPSA) is 30.0 Å². The van der Waals surface area contributed by atoms with Crippen LogP contribution in [0.4, 0.5) is 0 Å². The number of carbonyl (C=O) groups is 1. The average molecular weight is 280 g/mol. The van der Waals surface area contributed by atoms with E-state index >= 15 is 0 Å². The highest BCUT2D eigenvalue weighted by molar-refractivity contribution is 6.42. The van der Waals surface area contributed by atoms with E-state index < -0.39 is 0 Å². The molecule has 0 atom stereocenters. The largest absolute Gasteiger partial charge is 0.294 e. The number of benzene rings is 1. The normalized spacial score (nSPS) is 10.4. The summed E-state index contributed by atoms with van der Waals surface area (Å²) in [5.41, 5.74) is 2.36. The zero-order valence-electron chi connectivity index (χ0n) is 9.78. The van der Waals surface area contributed by atoms with Gasteiger partial charge in [-0.3, -0.25) is 9.78 Å². The summed E-state index contributed by atoms with van der Waals surface area (Å²) < 4.78 is 0. The number of pyridine rings is 1. The fourth-order valence-electron chi connectivity index (χ4n) is 1.54. The van der Waals surface area contributed by atoms with E-state index in [0.29, 0.717) is 15.6 Å². The first-order valence-electron chi connectivity index (χ1n) is 5.46. The molecule has 2 nitrogen and oxygen atoms in total. The maximum absolute atomic E-state index is 12.0. The second-order valence-electron chi connectivity index (χ2n) is 4.06. The van der Waals surface area contributed by atoms with Crippen LogP contribution in [-0.2, 0) is 6.42 Å². The summed E-state index contributed by atoms with van der Waals surface area (Å²) >= 11 is 11.7. The summed E-state index contributed by atoms with van der Waals surface area (Å²) in [6.07, 6.45) is 2.01. The summed E-state index contributed by atoms with van der Waals surface area (Å²) in [7, 11) is 0. The number of halogens is 2. The van der Waals surface area contributed by atoms with Gasteiger partial charge in [-0.15, -0.1) is 0 Å². The van der Waals surface area contributed by atoms with Gasteiger partial charge in [-0.05, 0) is 36.8 Å². The van der Waals surface area contributed by atoms with Gasteiger partial charge in [0.15, 0.2) is 5.78 Å². The van der Waals surface area contributed by atoms with E-state index in [2.05, 4.69) is 4.98 Å². The molecule has 0 bridgehead atoms. The number of Topliss-reactive ketones (excluding diaryl/α,β-unsaturated/α-hetero) is 1. The van der Waals surface area contributed by atoms with Gasteiger partial charge in [-0.25, -0.2) is 0 Å². The van der Waals surface area contributed by atoms with Crippen molar-refractivity contribution in [3.05, 3.63) is 63.4 Å². The minimum atomic E-state index is -0.0232. The Bertz CT molecular complexity index is 579. The van der Waals surface area contributed by atoms with Crippen molar-refractivity contribution < 1.29 is 4.79 Å². The van der Waals surface area contributed by atoms with Gasteiger partial charge in [0.1, 0.15) is 0 Å². The van der Waals surface area contributed by atoms with Crippen LogP contribution in [0.1, 0.15) is 21.6 Å². The highest BCUT2D eigenvalue weighted by Crippen LogP contribution is 2.23. The Balaban J connectivity index is 2.16. The van der Waals surface area contributed by atoms with Crippen LogP contribution in [0, 0.1) is 6.92 Å². The third-order valence-corrected chi connectivity index (χ3v) is 3.29. The Kier molecular flexibility index (Phi) is 4.00. The number of hydrogen-bond acceptors (Lipinski definition) is 2. The minimum absolute atomic E-state index is 0.0232. The highest BCUT2D eigenvalue weighted by Gasteiger charge is 2.09. The van der Waals surface area contributed by atoms with Gasteiger partial charge in [-0.1, -0.05) is 29.3 Å². The molecule has 0 spiro atoms. The van der Waals surface area contributed by atoms with Crippen molar-refractivity contribution in [2.45, 2.75) is 13.3 Å². The number of rotatable bonds is 3. The van der Waals surface area contributed by atoms with Crippen molar-refractivity contribution >= 4 is 29.0 Å². The first kappa shape index (κ1) is 13.1. The van der Waals surface area contributed by atoms with E-state index in [4.69, 9.17) is 23.2 Å². The zero-order valence-corrected chi connectivity index (χ0v) is 11.3. The van der Waals surface area contributed by atoms with Crippen molar-refractivity contribution in [3.63, 3.8) is 0 Å². The Morgan fingerprint density at radius 1 is 1.17 bits per heavy atom. The first-order chi connectivity index (χ1) is 8.56. The Labute approximate surface area is 116 Å². The SMILES string of the molecule is Cc1ccc(CC(=O)c2ccc(Cl)c(Cl)c2)nc1. The lowest BCUT2D eigenvalue weighted by Gasteiger charge is -2.03. The summed E-state index contributed by atoms with van der Waals surface area (Å²) in [4.78, 5) is 16.2. The van der Waals surface area contributed by atoms with Crippen molar-refractivity contribution in [3.8, 4) is 0 Å². The molecule has 18 heavy (non-hydrogen) atoms. The van der Waals surface area contributed by atoms with Crippen LogP contribution in [0.3, 0.4) is 0 Å². The van der Waals surface area contributed by atoms with Crippen molar-refractivity contribution in [2.24, 2.45) is 0 Å². The molecule has 1 aromatic carbocycles. The maximum Gasteiger partial charge on any atom is 0.168 e. The first-order valence-corrected chi connectivity index (χ1v) is 6.21. The molecule has 0 aliphatic rings. The number of aromatic nitrogens is 1. The van der Waals surface area contributed by atoms with E-state index in [0.717, 1.165) is 11.3 Å². The Morgan fingerprint density at radius 2 is 1.94 bits per heavy atom.